The van der Waals surface area contributed by atoms with Crippen LogP contribution in [0.2, 0.25) is 0 Å². The molecular formula is C12H22N2O2. The molecule has 1 atom stereocenters. The number of ether oxygens (including phenoxy) is 1. The van der Waals surface area contributed by atoms with Crippen LogP contribution in [0.1, 0.15) is 40.0 Å². The molecule has 16 heavy (non-hydrogen) atoms. The molecule has 4 heteroatoms. The first-order valence-corrected chi connectivity index (χ1v) is 5.77. The lowest BCUT2D eigenvalue weighted by molar-refractivity contribution is -0.129. The van der Waals surface area contributed by atoms with Crippen LogP contribution in [0, 0.1) is 16.7 Å². The number of hydrogen-bond donors (Lipinski definition) is 1. The number of carbonyl (C=O) groups is 1. The van der Waals surface area contributed by atoms with Crippen molar-refractivity contribution in [2.45, 2.75) is 46.1 Å². The Balaban J connectivity index is 4.38. The number of nitrogens with zero attached hydrogens (tertiary/aromatic N) is 1. The monoisotopic (exact) mass is 226 g/mol. The molecule has 1 amide bonds. The highest BCUT2D eigenvalue weighted by Gasteiger charge is 2.35. The second-order valence-corrected chi connectivity index (χ2v) is 4.06. The Hall–Kier alpha value is -1.08. The molecule has 4 nitrogen and oxygen atoms in total. The van der Waals surface area contributed by atoms with E-state index in [0.717, 1.165) is 6.42 Å². The van der Waals surface area contributed by atoms with Crippen LogP contribution < -0.4 is 5.32 Å². The van der Waals surface area contributed by atoms with Crippen molar-refractivity contribution in [1.29, 1.82) is 5.26 Å². The number of carbonyl (C=O) groups excluding carboxylic acids is 1. The fraction of sp³-hybridized carbons (Fsp3) is 0.833. The molecule has 0 bridgehead atoms. The van der Waals surface area contributed by atoms with E-state index in [1.807, 2.05) is 20.8 Å². The Kier molecular flexibility index (Phi) is 6.75. The van der Waals surface area contributed by atoms with Crippen molar-refractivity contribution in [3.8, 4) is 6.07 Å². The van der Waals surface area contributed by atoms with E-state index in [9.17, 15) is 4.79 Å². The zero-order valence-corrected chi connectivity index (χ0v) is 10.7. The third-order valence-electron chi connectivity index (χ3n) is 2.99. The van der Waals surface area contributed by atoms with E-state index < -0.39 is 5.41 Å². The van der Waals surface area contributed by atoms with E-state index in [0.29, 0.717) is 19.4 Å². The van der Waals surface area contributed by atoms with Gasteiger partial charge in [-0.1, -0.05) is 13.8 Å². The molecule has 0 radical (unpaired) electrons. The number of rotatable bonds is 7. The molecule has 0 aromatic rings. The maximum absolute atomic E-state index is 12.0. The fourth-order valence-corrected chi connectivity index (χ4v) is 1.51. The second kappa shape index (κ2) is 7.24. The first-order valence-electron chi connectivity index (χ1n) is 5.77. The van der Waals surface area contributed by atoms with Crippen LogP contribution in [0.25, 0.3) is 0 Å². The van der Waals surface area contributed by atoms with Crippen molar-refractivity contribution in [2.24, 2.45) is 5.41 Å². The second-order valence-electron chi connectivity index (χ2n) is 4.06. The summed E-state index contributed by atoms with van der Waals surface area (Å²) in [6, 6.07) is 2.17. The highest BCUT2D eigenvalue weighted by Crippen LogP contribution is 2.25. The van der Waals surface area contributed by atoms with Gasteiger partial charge >= 0.3 is 0 Å². The molecule has 0 aliphatic heterocycles. The molecule has 1 N–H and O–H groups in total. The van der Waals surface area contributed by atoms with Gasteiger partial charge in [0.1, 0.15) is 5.41 Å². The molecule has 0 spiro atoms. The maximum atomic E-state index is 12.0. The standard InChI is InChI=1S/C12H22N2O2/c1-5-12(6-2,9-13)11(15)14-10(3)7-8-16-4/h10H,5-8H2,1-4H3,(H,14,15). The van der Waals surface area contributed by atoms with E-state index in [1.165, 1.54) is 0 Å². The van der Waals surface area contributed by atoms with E-state index in [4.69, 9.17) is 10.00 Å². The van der Waals surface area contributed by atoms with Gasteiger partial charge < -0.3 is 10.1 Å². The lowest BCUT2D eigenvalue weighted by Crippen LogP contribution is -2.43. The molecule has 0 rings (SSSR count). The number of amides is 1. The lowest BCUT2D eigenvalue weighted by atomic mass is 9.83. The highest BCUT2D eigenvalue weighted by atomic mass is 16.5. The molecule has 0 saturated heterocycles. The number of methoxy groups -OCH3 is 1. The lowest BCUT2D eigenvalue weighted by Gasteiger charge is -2.24. The van der Waals surface area contributed by atoms with Gasteiger partial charge in [0, 0.05) is 19.8 Å². The van der Waals surface area contributed by atoms with Crippen LogP contribution in [-0.2, 0) is 9.53 Å². The summed E-state index contributed by atoms with van der Waals surface area (Å²) in [5, 5.41) is 12.0. The van der Waals surface area contributed by atoms with Gasteiger partial charge in [-0.15, -0.1) is 0 Å². The summed E-state index contributed by atoms with van der Waals surface area (Å²) in [6.07, 6.45) is 1.85. The van der Waals surface area contributed by atoms with Crippen LogP contribution >= 0.6 is 0 Å². The molecule has 92 valence electrons. The van der Waals surface area contributed by atoms with E-state index in [1.54, 1.807) is 7.11 Å². The van der Waals surface area contributed by atoms with Gasteiger partial charge in [0.05, 0.1) is 6.07 Å². The fourth-order valence-electron chi connectivity index (χ4n) is 1.51. The average molecular weight is 226 g/mol. The highest BCUT2D eigenvalue weighted by molar-refractivity contribution is 5.85. The van der Waals surface area contributed by atoms with Gasteiger partial charge in [-0.25, -0.2) is 0 Å². The van der Waals surface area contributed by atoms with Crippen molar-refractivity contribution in [2.75, 3.05) is 13.7 Å². The number of nitriles is 1. The molecule has 0 saturated carbocycles. The van der Waals surface area contributed by atoms with Crippen LogP contribution in [0.5, 0.6) is 0 Å². The topological polar surface area (TPSA) is 62.1 Å². The quantitative estimate of drug-likeness (QED) is 0.720. The minimum atomic E-state index is -0.874. The molecule has 0 aromatic heterocycles. The zero-order valence-electron chi connectivity index (χ0n) is 10.7. The molecule has 1 unspecified atom stereocenters. The maximum Gasteiger partial charge on any atom is 0.240 e. The van der Waals surface area contributed by atoms with Gasteiger partial charge in [-0.3, -0.25) is 4.79 Å². The summed E-state index contributed by atoms with van der Waals surface area (Å²) >= 11 is 0. The first-order chi connectivity index (χ1) is 7.56. The van der Waals surface area contributed by atoms with Crippen LogP contribution in [0.15, 0.2) is 0 Å². The minimum Gasteiger partial charge on any atom is -0.385 e. The Labute approximate surface area is 98.0 Å². The van der Waals surface area contributed by atoms with E-state index in [-0.39, 0.29) is 11.9 Å². The van der Waals surface area contributed by atoms with Gasteiger partial charge in [0.15, 0.2) is 0 Å². The summed E-state index contributed by atoms with van der Waals surface area (Å²) < 4.78 is 4.94. The molecule has 0 aromatic carbocycles. The van der Waals surface area contributed by atoms with E-state index >= 15 is 0 Å². The third-order valence-corrected chi connectivity index (χ3v) is 2.99. The van der Waals surface area contributed by atoms with Crippen LogP contribution in [0.3, 0.4) is 0 Å². The first kappa shape index (κ1) is 14.9. The Morgan fingerprint density at radius 3 is 2.44 bits per heavy atom. The van der Waals surface area contributed by atoms with E-state index in [2.05, 4.69) is 11.4 Å². The molecule has 0 fully saturated rings. The number of hydrogen-bond acceptors (Lipinski definition) is 3. The largest absolute Gasteiger partial charge is 0.385 e. The Bertz CT molecular complexity index is 254. The average Bonchev–Trinajstić information content (AvgIpc) is 2.29. The summed E-state index contributed by atoms with van der Waals surface area (Å²) in [5.74, 6) is -0.163. The minimum absolute atomic E-state index is 0.0401. The predicted molar refractivity (Wildman–Crippen MR) is 62.7 cm³/mol. The Morgan fingerprint density at radius 1 is 1.50 bits per heavy atom. The predicted octanol–water partition coefficient (Wildman–Crippen LogP) is 1.86. The van der Waals surface area contributed by atoms with Crippen molar-refractivity contribution in [3.05, 3.63) is 0 Å². The van der Waals surface area contributed by atoms with Crippen molar-refractivity contribution >= 4 is 5.91 Å². The normalized spacial score (nSPS) is 12.9. The van der Waals surface area contributed by atoms with Crippen molar-refractivity contribution in [1.82, 2.24) is 5.32 Å². The van der Waals surface area contributed by atoms with Crippen LogP contribution in [0.4, 0.5) is 0 Å². The summed E-state index contributed by atoms with van der Waals surface area (Å²) in [5.41, 5.74) is -0.874. The third kappa shape index (κ3) is 3.82. The number of nitrogens with one attached hydrogen (secondary N) is 1. The SMILES string of the molecule is CCC(C#N)(CC)C(=O)NC(C)CCOC. The van der Waals surface area contributed by atoms with Gasteiger partial charge in [0.25, 0.3) is 0 Å². The molecular weight excluding hydrogens is 204 g/mol. The van der Waals surface area contributed by atoms with Gasteiger partial charge in [0.2, 0.25) is 5.91 Å². The Morgan fingerprint density at radius 2 is 2.06 bits per heavy atom. The van der Waals surface area contributed by atoms with Gasteiger partial charge in [-0.05, 0) is 26.2 Å². The van der Waals surface area contributed by atoms with Crippen molar-refractivity contribution in [3.63, 3.8) is 0 Å². The van der Waals surface area contributed by atoms with Crippen molar-refractivity contribution < 1.29 is 9.53 Å². The molecule has 0 aliphatic rings. The summed E-state index contributed by atoms with van der Waals surface area (Å²) in [6.45, 7) is 6.27. The zero-order chi connectivity index (χ0) is 12.6. The van der Waals surface area contributed by atoms with Gasteiger partial charge in [-0.2, -0.15) is 5.26 Å². The molecule has 0 heterocycles. The summed E-state index contributed by atoms with van der Waals surface area (Å²) in [7, 11) is 1.63. The van der Waals surface area contributed by atoms with Crippen LogP contribution in [-0.4, -0.2) is 25.7 Å². The smallest absolute Gasteiger partial charge is 0.240 e. The molecule has 0 aliphatic carbocycles. The summed E-state index contributed by atoms with van der Waals surface area (Å²) in [4.78, 5) is 12.0.